The van der Waals surface area contributed by atoms with Crippen molar-refractivity contribution in [2.45, 2.75) is 25.0 Å². The van der Waals surface area contributed by atoms with Gasteiger partial charge in [0.05, 0.1) is 6.10 Å². The predicted octanol–water partition coefficient (Wildman–Crippen LogP) is 0.548. The Balaban J connectivity index is 2.06. The molecule has 130 valence electrons. The van der Waals surface area contributed by atoms with Crippen molar-refractivity contribution in [2.24, 2.45) is 0 Å². The van der Waals surface area contributed by atoms with Crippen LogP contribution in [0.5, 0.6) is 0 Å². The second-order valence-electron chi connectivity index (χ2n) is 5.01. The van der Waals surface area contributed by atoms with Gasteiger partial charge in [0, 0.05) is 32.8 Å². The zero-order chi connectivity index (χ0) is 16.9. The molecule has 1 fully saturated rings. The number of ether oxygens (including phenoxy) is 1. The number of hydrogen-bond acceptors (Lipinski definition) is 7. The number of carbonyl (C=O) groups is 1. The molecule has 0 aliphatic carbocycles. The van der Waals surface area contributed by atoms with Crippen LogP contribution < -0.4 is 10.6 Å². The zero-order valence-electron chi connectivity index (χ0n) is 13.0. The minimum Gasteiger partial charge on any atom is -0.370 e. The average molecular weight is 347 g/mol. The molecule has 1 saturated heterocycles. The van der Waals surface area contributed by atoms with Gasteiger partial charge < -0.3 is 29.5 Å². The number of aliphatic hydroxyl groups is 1. The maximum atomic E-state index is 12.0. The van der Waals surface area contributed by atoms with E-state index in [1.165, 1.54) is 37.2 Å². The Morgan fingerprint density at radius 2 is 2.22 bits per heavy atom. The SMILES string of the molecule is COP(=O)(/C=C/C1CCNCC(N2C=CC(O)NC2=O)O1)OC. The Morgan fingerprint density at radius 3 is 2.87 bits per heavy atom. The van der Waals surface area contributed by atoms with Gasteiger partial charge in [-0.15, -0.1) is 0 Å². The summed E-state index contributed by atoms with van der Waals surface area (Å²) in [5.41, 5.74) is 0. The van der Waals surface area contributed by atoms with Crippen molar-refractivity contribution in [2.75, 3.05) is 27.3 Å². The van der Waals surface area contributed by atoms with Crippen LogP contribution in [0, 0.1) is 0 Å². The normalized spacial score (nSPS) is 29.6. The number of aliphatic hydroxyl groups excluding tert-OH is 1. The van der Waals surface area contributed by atoms with E-state index in [4.69, 9.17) is 13.8 Å². The van der Waals surface area contributed by atoms with Crippen molar-refractivity contribution < 1.29 is 28.3 Å². The first-order valence-electron chi connectivity index (χ1n) is 7.19. The maximum Gasteiger partial charge on any atom is 0.353 e. The van der Waals surface area contributed by atoms with E-state index < -0.39 is 26.1 Å². The molecule has 0 spiro atoms. The van der Waals surface area contributed by atoms with Gasteiger partial charge in [-0.1, -0.05) is 0 Å². The van der Waals surface area contributed by atoms with Gasteiger partial charge in [-0.05, 0) is 25.1 Å². The van der Waals surface area contributed by atoms with Crippen molar-refractivity contribution >= 4 is 13.6 Å². The highest BCUT2D eigenvalue weighted by Crippen LogP contribution is 2.48. The first kappa shape index (κ1) is 18.1. The van der Waals surface area contributed by atoms with Crippen molar-refractivity contribution in [3.63, 3.8) is 0 Å². The molecular weight excluding hydrogens is 325 g/mol. The van der Waals surface area contributed by atoms with E-state index in [0.29, 0.717) is 19.5 Å². The molecule has 3 unspecified atom stereocenters. The van der Waals surface area contributed by atoms with Gasteiger partial charge in [0.15, 0.2) is 6.23 Å². The van der Waals surface area contributed by atoms with Crippen LogP contribution in [0.25, 0.3) is 0 Å². The van der Waals surface area contributed by atoms with Crippen LogP contribution in [-0.4, -0.2) is 61.9 Å². The molecule has 3 atom stereocenters. The summed E-state index contributed by atoms with van der Waals surface area (Å²) in [4.78, 5) is 13.3. The summed E-state index contributed by atoms with van der Waals surface area (Å²) < 4.78 is 27.6. The summed E-state index contributed by atoms with van der Waals surface area (Å²) in [6.07, 6.45) is 3.28. The minimum atomic E-state index is -3.26. The number of carbonyl (C=O) groups excluding carboxylic acids is 1. The van der Waals surface area contributed by atoms with Gasteiger partial charge in [-0.3, -0.25) is 9.46 Å². The quantitative estimate of drug-likeness (QED) is 0.623. The third kappa shape index (κ3) is 4.87. The van der Waals surface area contributed by atoms with Crippen LogP contribution in [-0.2, 0) is 18.3 Å². The van der Waals surface area contributed by atoms with Gasteiger partial charge in [-0.25, -0.2) is 4.79 Å². The number of nitrogens with one attached hydrogen (secondary N) is 2. The van der Waals surface area contributed by atoms with Gasteiger partial charge in [-0.2, -0.15) is 0 Å². The number of urea groups is 1. The Morgan fingerprint density at radius 1 is 1.48 bits per heavy atom. The van der Waals surface area contributed by atoms with Gasteiger partial charge in [0.2, 0.25) is 0 Å². The highest BCUT2D eigenvalue weighted by molar-refractivity contribution is 7.57. The van der Waals surface area contributed by atoms with Crippen LogP contribution in [0.4, 0.5) is 4.79 Å². The molecule has 9 nitrogen and oxygen atoms in total. The lowest BCUT2D eigenvalue weighted by Crippen LogP contribution is -2.52. The molecule has 2 aliphatic heterocycles. The van der Waals surface area contributed by atoms with Gasteiger partial charge in [0.25, 0.3) is 0 Å². The highest BCUT2D eigenvalue weighted by Gasteiger charge is 2.30. The fraction of sp³-hybridized carbons (Fsp3) is 0.615. The van der Waals surface area contributed by atoms with Crippen LogP contribution in [0.2, 0.25) is 0 Å². The molecule has 0 radical (unpaired) electrons. The van der Waals surface area contributed by atoms with Crippen LogP contribution >= 0.6 is 7.60 Å². The molecule has 0 saturated carbocycles. The van der Waals surface area contributed by atoms with Crippen molar-refractivity contribution in [1.29, 1.82) is 0 Å². The first-order valence-corrected chi connectivity index (χ1v) is 8.80. The van der Waals surface area contributed by atoms with Gasteiger partial charge in [0.1, 0.15) is 6.23 Å². The zero-order valence-corrected chi connectivity index (χ0v) is 13.9. The molecule has 3 N–H and O–H groups in total. The Kier molecular flexibility index (Phi) is 6.34. The minimum absolute atomic E-state index is 0.360. The molecule has 2 aliphatic rings. The van der Waals surface area contributed by atoms with Crippen molar-refractivity contribution in [1.82, 2.24) is 15.5 Å². The smallest absolute Gasteiger partial charge is 0.353 e. The Labute approximate surface area is 134 Å². The summed E-state index contributed by atoms with van der Waals surface area (Å²) in [7, 11) is -0.642. The third-order valence-electron chi connectivity index (χ3n) is 3.49. The summed E-state index contributed by atoms with van der Waals surface area (Å²) in [6.45, 7) is 1.11. The average Bonchev–Trinajstić information content (AvgIpc) is 2.78. The lowest BCUT2D eigenvalue weighted by Gasteiger charge is -2.32. The molecule has 0 aromatic heterocycles. The van der Waals surface area contributed by atoms with Crippen LogP contribution in [0.15, 0.2) is 24.2 Å². The van der Waals surface area contributed by atoms with E-state index in [-0.39, 0.29) is 6.10 Å². The number of amides is 2. The predicted molar refractivity (Wildman–Crippen MR) is 82.4 cm³/mol. The number of nitrogens with zero attached hydrogens (tertiary/aromatic N) is 1. The molecular formula is C13H22N3O6P. The molecule has 0 bridgehead atoms. The van der Waals surface area contributed by atoms with Crippen molar-refractivity contribution in [3.8, 4) is 0 Å². The molecule has 2 rings (SSSR count). The summed E-state index contributed by atoms with van der Waals surface area (Å²) >= 11 is 0. The monoisotopic (exact) mass is 347 g/mol. The Bertz CT molecular complexity index is 518. The maximum absolute atomic E-state index is 12.0. The fourth-order valence-electron chi connectivity index (χ4n) is 2.21. The van der Waals surface area contributed by atoms with E-state index >= 15 is 0 Å². The van der Waals surface area contributed by atoms with E-state index in [9.17, 15) is 14.5 Å². The standard InChI is InChI=1S/C13H22N3O6P/c1-20-23(19,21-2)8-5-10-3-6-14-9-12(22-10)16-7-4-11(17)15-13(16)18/h4-5,7-8,10-12,14,17H,3,6,9H2,1-2H3,(H,15,18)/b8-5+. The van der Waals surface area contributed by atoms with Crippen LogP contribution in [0.1, 0.15) is 6.42 Å². The van der Waals surface area contributed by atoms with E-state index in [1.807, 2.05) is 0 Å². The summed E-state index contributed by atoms with van der Waals surface area (Å²) in [6, 6.07) is -0.448. The molecule has 2 heterocycles. The molecule has 10 heteroatoms. The van der Waals surface area contributed by atoms with E-state index in [1.54, 1.807) is 6.08 Å². The first-order chi connectivity index (χ1) is 11.0. The molecule has 0 aromatic carbocycles. The highest BCUT2D eigenvalue weighted by atomic mass is 31.2. The lowest BCUT2D eigenvalue weighted by molar-refractivity contribution is -0.0409. The largest absolute Gasteiger partial charge is 0.370 e. The summed E-state index contributed by atoms with van der Waals surface area (Å²) in [5, 5.41) is 14.9. The topological polar surface area (TPSA) is 109 Å². The number of hydrogen-bond donors (Lipinski definition) is 3. The summed E-state index contributed by atoms with van der Waals surface area (Å²) in [5.74, 6) is 1.36. The second-order valence-corrected chi connectivity index (χ2v) is 7.12. The number of rotatable bonds is 5. The fourth-order valence-corrected chi connectivity index (χ4v) is 3.00. The second kappa shape index (κ2) is 8.05. The van der Waals surface area contributed by atoms with Gasteiger partial charge >= 0.3 is 13.6 Å². The van der Waals surface area contributed by atoms with Crippen LogP contribution in [0.3, 0.4) is 0 Å². The molecule has 2 amide bonds. The molecule has 23 heavy (non-hydrogen) atoms. The van der Waals surface area contributed by atoms with Crippen molar-refractivity contribution in [3.05, 3.63) is 24.2 Å². The van der Waals surface area contributed by atoms with E-state index in [0.717, 1.165) is 0 Å². The lowest BCUT2D eigenvalue weighted by atomic mass is 10.2. The van der Waals surface area contributed by atoms with E-state index in [2.05, 4.69) is 10.6 Å². The Hall–Kier alpha value is -1.22. The third-order valence-corrected chi connectivity index (χ3v) is 5.05. The molecule has 0 aromatic rings.